The van der Waals surface area contributed by atoms with Gasteiger partial charge in [0.25, 0.3) is 0 Å². The quantitative estimate of drug-likeness (QED) is 0.0940. The maximum absolute atomic E-state index is 12.1. The van der Waals surface area contributed by atoms with Crippen molar-refractivity contribution in [1.29, 1.82) is 0 Å². The molecule has 0 unspecified atom stereocenters. The van der Waals surface area contributed by atoms with E-state index in [1.54, 1.807) is 0 Å². The first-order chi connectivity index (χ1) is 22.4. The summed E-state index contributed by atoms with van der Waals surface area (Å²) in [7, 11) is 0. The van der Waals surface area contributed by atoms with Gasteiger partial charge in [-0.05, 0) is 94.9 Å². The summed E-state index contributed by atoms with van der Waals surface area (Å²) < 4.78 is 5.52. The minimum Gasteiger partial charge on any atom is -0.426 e. The van der Waals surface area contributed by atoms with Crippen molar-refractivity contribution in [3.8, 4) is 16.9 Å². The molecular formula is C43H37NO2. The zero-order valence-corrected chi connectivity index (χ0v) is 26.4. The largest absolute Gasteiger partial charge is 0.426 e. The summed E-state index contributed by atoms with van der Waals surface area (Å²) in [6, 6.07) is 54.6. The molecule has 46 heavy (non-hydrogen) atoms. The molecule has 0 heterocycles. The molecule has 0 bridgehead atoms. The molecule has 0 saturated heterocycles. The number of carbonyl (C=O) groups is 1. The number of rotatable bonds is 9. The van der Waals surface area contributed by atoms with Crippen LogP contribution in [0.1, 0.15) is 36.1 Å². The van der Waals surface area contributed by atoms with Crippen molar-refractivity contribution in [2.24, 2.45) is 5.92 Å². The number of aryl methyl sites for hydroxylation is 1. The lowest BCUT2D eigenvalue weighted by atomic mass is 9.95. The lowest BCUT2D eigenvalue weighted by Crippen LogP contribution is -2.14. The standard InChI is InChI=1S/C43H37NO2/c1-31(2)43(45)46-41-28-20-37(21-29-41)42(36-12-8-5-9-13-36)30-33-16-24-39(25-17-33)44(38-22-14-32(3)15-23-38)40-26-18-35(19-27-40)34-10-6-4-7-11-34/h4-31H,1-3H3. The van der Waals surface area contributed by atoms with E-state index in [0.29, 0.717) is 5.75 Å². The molecule has 3 nitrogen and oxygen atoms in total. The second kappa shape index (κ2) is 14.0. The van der Waals surface area contributed by atoms with Crippen molar-refractivity contribution in [2.45, 2.75) is 20.8 Å². The van der Waals surface area contributed by atoms with E-state index in [0.717, 1.165) is 39.3 Å². The van der Waals surface area contributed by atoms with Gasteiger partial charge in [-0.15, -0.1) is 0 Å². The van der Waals surface area contributed by atoms with Gasteiger partial charge in [0.15, 0.2) is 0 Å². The summed E-state index contributed by atoms with van der Waals surface area (Å²) in [5, 5.41) is 0. The molecule has 0 aliphatic rings. The van der Waals surface area contributed by atoms with Gasteiger partial charge in [-0.25, -0.2) is 0 Å². The van der Waals surface area contributed by atoms with Gasteiger partial charge < -0.3 is 9.64 Å². The Morgan fingerprint density at radius 1 is 0.565 bits per heavy atom. The first-order valence-corrected chi connectivity index (χ1v) is 15.7. The highest BCUT2D eigenvalue weighted by Crippen LogP contribution is 2.36. The van der Waals surface area contributed by atoms with Gasteiger partial charge in [-0.2, -0.15) is 0 Å². The third-order valence-corrected chi connectivity index (χ3v) is 7.93. The second-order valence-corrected chi connectivity index (χ2v) is 11.7. The lowest BCUT2D eigenvalue weighted by molar-refractivity contribution is -0.137. The van der Waals surface area contributed by atoms with E-state index in [-0.39, 0.29) is 11.9 Å². The smallest absolute Gasteiger partial charge is 0.313 e. The van der Waals surface area contributed by atoms with Crippen molar-refractivity contribution < 1.29 is 9.53 Å². The van der Waals surface area contributed by atoms with E-state index in [1.807, 2.05) is 62.4 Å². The van der Waals surface area contributed by atoms with Crippen molar-refractivity contribution in [2.75, 3.05) is 4.90 Å². The highest BCUT2D eigenvalue weighted by Gasteiger charge is 2.14. The van der Waals surface area contributed by atoms with Crippen LogP contribution in [0, 0.1) is 12.8 Å². The van der Waals surface area contributed by atoms with Crippen LogP contribution in [0.25, 0.3) is 22.8 Å². The normalized spacial score (nSPS) is 11.3. The number of anilines is 3. The zero-order valence-electron chi connectivity index (χ0n) is 26.4. The maximum Gasteiger partial charge on any atom is 0.313 e. The van der Waals surface area contributed by atoms with Crippen LogP contribution in [0.2, 0.25) is 0 Å². The Hall–Kier alpha value is -5.67. The third kappa shape index (κ3) is 7.17. The van der Waals surface area contributed by atoms with Crippen LogP contribution in [0.15, 0.2) is 158 Å². The van der Waals surface area contributed by atoms with Gasteiger partial charge in [0, 0.05) is 17.1 Å². The highest BCUT2D eigenvalue weighted by molar-refractivity contribution is 5.92. The summed E-state index contributed by atoms with van der Waals surface area (Å²) in [5.41, 5.74) is 11.2. The fraction of sp³-hybridized carbons (Fsp3) is 0.0930. The van der Waals surface area contributed by atoms with E-state index in [9.17, 15) is 4.79 Å². The number of nitrogens with zero attached hydrogens (tertiary/aromatic N) is 1. The van der Waals surface area contributed by atoms with Gasteiger partial charge >= 0.3 is 5.97 Å². The van der Waals surface area contributed by atoms with Crippen LogP contribution >= 0.6 is 0 Å². The molecule has 6 aromatic carbocycles. The number of esters is 1. The molecule has 0 aromatic heterocycles. The molecule has 3 heteroatoms. The van der Waals surface area contributed by atoms with Crippen molar-refractivity contribution in [3.63, 3.8) is 0 Å². The van der Waals surface area contributed by atoms with Crippen LogP contribution in [0.4, 0.5) is 17.1 Å². The third-order valence-electron chi connectivity index (χ3n) is 7.93. The topological polar surface area (TPSA) is 29.5 Å². The Morgan fingerprint density at radius 3 is 1.61 bits per heavy atom. The van der Waals surface area contributed by atoms with Crippen LogP contribution in [-0.2, 0) is 4.79 Å². The van der Waals surface area contributed by atoms with Crippen LogP contribution in [-0.4, -0.2) is 5.97 Å². The average Bonchev–Trinajstić information content (AvgIpc) is 3.10. The molecule has 0 aliphatic heterocycles. The number of hydrogen-bond donors (Lipinski definition) is 0. The van der Waals surface area contributed by atoms with E-state index in [2.05, 4.69) is 127 Å². The Morgan fingerprint density at radius 2 is 1.04 bits per heavy atom. The molecule has 226 valence electrons. The van der Waals surface area contributed by atoms with Crippen molar-refractivity contribution >= 4 is 34.7 Å². The van der Waals surface area contributed by atoms with Gasteiger partial charge in [-0.3, -0.25) is 4.79 Å². The zero-order chi connectivity index (χ0) is 31.9. The molecule has 0 fully saturated rings. The van der Waals surface area contributed by atoms with E-state index >= 15 is 0 Å². The average molecular weight is 600 g/mol. The summed E-state index contributed by atoms with van der Waals surface area (Å²) in [6.45, 7) is 5.78. The summed E-state index contributed by atoms with van der Waals surface area (Å²) >= 11 is 0. The molecule has 0 N–H and O–H groups in total. The van der Waals surface area contributed by atoms with Gasteiger partial charge in [0.05, 0.1) is 5.92 Å². The highest BCUT2D eigenvalue weighted by atomic mass is 16.5. The SMILES string of the molecule is Cc1ccc(N(c2ccc(C=C(c3ccccc3)c3ccc(OC(=O)C(C)C)cc3)cc2)c2ccc(-c3ccccc3)cc2)cc1. The van der Waals surface area contributed by atoms with E-state index < -0.39 is 0 Å². The first-order valence-electron chi connectivity index (χ1n) is 15.7. The minimum absolute atomic E-state index is 0.182. The molecule has 0 saturated carbocycles. The van der Waals surface area contributed by atoms with Crippen molar-refractivity contribution in [1.82, 2.24) is 0 Å². The number of carbonyl (C=O) groups excluding carboxylic acids is 1. The van der Waals surface area contributed by atoms with Crippen molar-refractivity contribution in [3.05, 3.63) is 180 Å². The first kappa shape index (κ1) is 30.4. The van der Waals surface area contributed by atoms with Gasteiger partial charge in [0.2, 0.25) is 0 Å². The summed E-state index contributed by atoms with van der Waals surface area (Å²) in [5.74, 6) is 0.128. The van der Waals surface area contributed by atoms with E-state index in [4.69, 9.17) is 4.74 Å². The fourth-order valence-corrected chi connectivity index (χ4v) is 5.35. The maximum atomic E-state index is 12.1. The molecule has 0 amide bonds. The molecule has 6 rings (SSSR count). The monoisotopic (exact) mass is 599 g/mol. The molecule has 0 aliphatic carbocycles. The molecule has 6 aromatic rings. The number of ether oxygens (including phenoxy) is 1. The predicted molar refractivity (Wildman–Crippen MR) is 192 cm³/mol. The van der Waals surface area contributed by atoms with Crippen LogP contribution in [0.5, 0.6) is 5.75 Å². The summed E-state index contributed by atoms with van der Waals surface area (Å²) in [6.07, 6.45) is 2.21. The summed E-state index contributed by atoms with van der Waals surface area (Å²) in [4.78, 5) is 14.4. The Bertz CT molecular complexity index is 1910. The number of hydrogen-bond acceptors (Lipinski definition) is 3. The lowest BCUT2D eigenvalue weighted by Gasteiger charge is -2.26. The molecule has 0 spiro atoms. The van der Waals surface area contributed by atoms with Gasteiger partial charge in [0.1, 0.15) is 5.75 Å². The predicted octanol–water partition coefficient (Wildman–Crippen LogP) is 11.3. The van der Waals surface area contributed by atoms with E-state index in [1.165, 1.54) is 16.7 Å². The molecule has 0 radical (unpaired) electrons. The van der Waals surface area contributed by atoms with Crippen LogP contribution < -0.4 is 9.64 Å². The Balaban J connectivity index is 1.34. The van der Waals surface area contributed by atoms with Crippen LogP contribution in [0.3, 0.4) is 0 Å². The van der Waals surface area contributed by atoms with Gasteiger partial charge in [-0.1, -0.05) is 129 Å². The molecular weight excluding hydrogens is 562 g/mol. The Kier molecular flexibility index (Phi) is 9.22. The molecule has 0 atom stereocenters. The number of benzene rings is 6. The second-order valence-electron chi connectivity index (χ2n) is 11.7. The fourth-order valence-electron chi connectivity index (χ4n) is 5.35. The Labute approximate surface area is 272 Å². The minimum atomic E-state index is -0.238.